The molecule has 1 fully saturated rings. The summed E-state index contributed by atoms with van der Waals surface area (Å²) in [5.41, 5.74) is 1.26. The Morgan fingerprint density at radius 2 is 2.12 bits per heavy atom. The SMILES string of the molecule is C=C(C)CN1CCC(NC(C)COC)CC1. The van der Waals surface area contributed by atoms with Gasteiger partial charge in [0.2, 0.25) is 0 Å². The van der Waals surface area contributed by atoms with Crippen LogP contribution in [0.25, 0.3) is 0 Å². The third-order valence-electron chi connectivity index (χ3n) is 3.02. The van der Waals surface area contributed by atoms with Gasteiger partial charge in [0.15, 0.2) is 0 Å². The van der Waals surface area contributed by atoms with Crippen molar-refractivity contribution in [1.82, 2.24) is 10.2 Å². The minimum absolute atomic E-state index is 0.461. The normalized spacial score (nSPS) is 20.9. The van der Waals surface area contributed by atoms with Gasteiger partial charge in [-0.05, 0) is 39.8 Å². The van der Waals surface area contributed by atoms with Crippen LogP contribution in [0, 0.1) is 0 Å². The van der Waals surface area contributed by atoms with Crippen LogP contribution < -0.4 is 5.32 Å². The number of piperidine rings is 1. The zero-order valence-corrected chi connectivity index (χ0v) is 11.0. The summed E-state index contributed by atoms with van der Waals surface area (Å²) in [6.45, 7) is 12.5. The summed E-state index contributed by atoms with van der Waals surface area (Å²) >= 11 is 0. The van der Waals surface area contributed by atoms with Gasteiger partial charge in [0.05, 0.1) is 6.61 Å². The Balaban J connectivity index is 2.18. The second kappa shape index (κ2) is 7.05. The summed E-state index contributed by atoms with van der Waals surface area (Å²) in [7, 11) is 1.76. The average molecular weight is 226 g/mol. The quantitative estimate of drug-likeness (QED) is 0.697. The number of likely N-dealkylation sites (tertiary alicyclic amines) is 1. The lowest BCUT2D eigenvalue weighted by molar-refractivity contribution is 0.150. The summed E-state index contributed by atoms with van der Waals surface area (Å²) in [6, 6.07) is 1.12. The minimum atomic E-state index is 0.461. The molecular formula is C13H26N2O. The number of hydrogen-bond acceptors (Lipinski definition) is 3. The van der Waals surface area contributed by atoms with Gasteiger partial charge in [-0.1, -0.05) is 12.2 Å². The van der Waals surface area contributed by atoms with Crippen LogP contribution in [0.4, 0.5) is 0 Å². The van der Waals surface area contributed by atoms with E-state index in [-0.39, 0.29) is 0 Å². The zero-order chi connectivity index (χ0) is 12.0. The first-order valence-electron chi connectivity index (χ1n) is 6.23. The maximum Gasteiger partial charge on any atom is 0.0613 e. The third-order valence-corrected chi connectivity index (χ3v) is 3.02. The Morgan fingerprint density at radius 1 is 1.50 bits per heavy atom. The average Bonchev–Trinajstić information content (AvgIpc) is 2.20. The highest BCUT2D eigenvalue weighted by Gasteiger charge is 2.19. The molecular weight excluding hydrogens is 200 g/mol. The number of nitrogens with zero attached hydrogens (tertiary/aromatic N) is 1. The zero-order valence-electron chi connectivity index (χ0n) is 11.0. The first kappa shape index (κ1) is 13.7. The number of hydrogen-bond donors (Lipinski definition) is 1. The van der Waals surface area contributed by atoms with Gasteiger partial charge in [-0.25, -0.2) is 0 Å². The van der Waals surface area contributed by atoms with Crippen LogP contribution in [0.1, 0.15) is 26.7 Å². The third kappa shape index (κ3) is 5.10. The van der Waals surface area contributed by atoms with Crippen LogP contribution in [0.3, 0.4) is 0 Å². The second-order valence-electron chi connectivity index (χ2n) is 5.03. The highest BCUT2D eigenvalue weighted by Crippen LogP contribution is 2.12. The van der Waals surface area contributed by atoms with Crippen LogP contribution in [-0.4, -0.2) is 50.3 Å². The minimum Gasteiger partial charge on any atom is -0.383 e. The summed E-state index contributed by atoms with van der Waals surface area (Å²) in [6.07, 6.45) is 2.47. The molecule has 1 aliphatic rings. The maximum absolute atomic E-state index is 5.13. The Kier molecular flexibility index (Phi) is 6.03. The molecule has 3 nitrogen and oxygen atoms in total. The molecule has 1 unspecified atom stereocenters. The summed E-state index contributed by atoms with van der Waals surface area (Å²) in [5.74, 6) is 0. The van der Waals surface area contributed by atoms with Gasteiger partial charge in [0, 0.05) is 25.7 Å². The molecule has 1 N–H and O–H groups in total. The van der Waals surface area contributed by atoms with E-state index in [0.29, 0.717) is 12.1 Å². The van der Waals surface area contributed by atoms with Crippen molar-refractivity contribution in [2.24, 2.45) is 0 Å². The van der Waals surface area contributed by atoms with Gasteiger partial charge >= 0.3 is 0 Å². The van der Waals surface area contributed by atoms with Crippen molar-refractivity contribution in [2.75, 3.05) is 33.4 Å². The molecule has 1 rings (SSSR count). The summed E-state index contributed by atoms with van der Waals surface area (Å²) < 4.78 is 5.13. The molecule has 1 atom stereocenters. The molecule has 0 spiro atoms. The molecule has 0 aliphatic carbocycles. The first-order chi connectivity index (χ1) is 7.61. The van der Waals surface area contributed by atoms with Crippen LogP contribution in [0.5, 0.6) is 0 Å². The second-order valence-corrected chi connectivity index (χ2v) is 5.03. The molecule has 0 bridgehead atoms. The number of nitrogens with one attached hydrogen (secondary N) is 1. The highest BCUT2D eigenvalue weighted by molar-refractivity contribution is 4.93. The Labute approximate surface area is 99.8 Å². The van der Waals surface area contributed by atoms with E-state index in [9.17, 15) is 0 Å². The largest absolute Gasteiger partial charge is 0.383 e. The molecule has 94 valence electrons. The van der Waals surface area contributed by atoms with Gasteiger partial charge in [-0.3, -0.25) is 4.90 Å². The Morgan fingerprint density at radius 3 is 2.62 bits per heavy atom. The molecule has 16 heavy (non-hydrogen) atoms. The predicted octanol–water partition coefficient (Wildman–Crippen LogP) is 1.65. The fourth-order valence-corrected chi connectivity index (χ4v) is 2.34. The lowest BCUT2D eigenvalue weighted by Crippen LogP contribution is -2.46. The lowest BCUT2D eigenvalue weighted by Gasteiger charge is -2.33. The Hall–Kier alpha value is -0.380. The molecule has 0 aromatic carbocycles. The van der Waals surface area contributed by atoms with Gasteiger partial charge in [0.1, 0.15) is 0 Å². The van der Waals surface area contributed by atoms with Crippen LogP contribution >= 0.6 is 0 Å². The smallest absolute Gasteiger partial charge is 0.0613 e. The number of ether oxygens (including phenoxy) is 1. The first-order valence-corrected chi connectivity index (χ1v) is 6.23. The van der Waals surface area contributed by atoms with Gasteiger partial charge in [-0.2, -0.15) is 0 Å². The maximum atomic E-state index is 5.13. The van der Waals surface area contributed by atoms with Crippen molar-refractivity contribution in [3.63, 3.8) is 0 Å². The fourth-order valence-electron chi connectivity index (χ4n) is 2.34. The van der Waals surface area contributed by atoms with Crippen LogP contribution in [-0.2, 0) is 4.74 Å². The molecule has 0 aromatic rings. The van der Waals surface area contributed by atoms with Crippen molar-refractivity contribution >= 4 is 0 Å². The Bertz CT molecular complexity index is 210. The van der Waals surface area contributed by atoms with Crippen molar-refractivity contribution in [2.45, 2.75) is 38.8 Å². The molecule has 0 radical (unpaired) electrons. The van der Waals surface area contributed by atoms with E-state index >= 15 is 0 Å². The van der Waals surface area contributed by atoms with Gasteiger partial charge in [-0.15, -0.1) is 0 Å². The monoisotopic (exact) mass is 226 g/mol. The molecule has 0 amide bonds. The lowest BCUT2D eigenvalue weighted by atomic mass is 10.0. The molecule has 1 aliphatic heterocycles. The topological polar surface area (TPSA) is 24.5 Å². The van der Waals surface area contributed by atoms with Crippen LogP contribution in [0.15, 0.2) is 12.2 Å². The number of methoxy groups -OCH3 is 1. The van der Waals surface area contributed by atoms with E-state index in [4.69, 9.17) is 4.74 Å². The molecule has 3 heteroatoms. The van der Waals surface area contributed by atoms with E-state index in [0.717, 1.165) is 13.2 Å². The van der Waals surface area contributed by atoms with Crippen molar-refractivity contribution in [3.05, 3.63) is 12.2 Å². The van der Waals surface area contributed by atoms with E-state index in [1.807, 2.05) is 0 Å². The number of rotatable bonds is 6. The van der Waals surface area contributed by atoms with Gasteiger partial charge in [0.25, 0.3) is 0 Å². The summed E-state index contributed by atoms with van der Waals surface area (Å²) in [5, 5.41) is 3.62. The van der Waals surface area contributed by atoms with E-state index < -0.39 is 0 Å². The molecule has 1 heterocycles. The van der Waals surface area contributed by atoms with E-state index in [1.54, 1.807) is 7.11 Å². The molecule has 1 saturated heterocycles. The van der Waals surface area contributed by atoms with Crippen LogP contribution in [0.2, 0.25) is 0 Å². The molecule has 0 saturated carbocycles. The summed E-state index contributed by atoms with van der Waals surface area (Å²) in [4.78, 5) is 2.49. The highest BCUT2D eigenvalue weighted by atomic mass is 16.5. The van der Waals surface area contributed by atoms with E-state index in [2.05, 4.69) is 30.6 Å². The van der Waals surface area contributed by atoms with Crippen molar-refractivity contribution in [3.8, 4) is 0 Å². The fraction of sp³-hybridized carbons (Fsp3) is 0.846. The predicted molar refractivity (Wildman–Crippen MR) is 68.7 cm³/mol. The van der Waals surface area contributed by atoms with Crippen molar-refractivity contribution < 1.29 is 4.74 Å². The standard InChI is InChI=1S/C13H26N2O/c1-11(2)9-15-7-5-13(6-8-15)14-12(3)10-16-4/h12-14H,1,5-10H2,2-4H3. The van der Waals surface area contributed by atoms with E-state index in [1.165, 1.54) is 31.5 Å². The van der Waals surface area contributed by atoms with Gasteiger partial charge < -0.3 is 10.1 Å². The molecule has 0 aromatic heterocycles. The van der Waals surface area contributed by atoms with Crippen molar-refractivity contribution in [1.29, 1.82) is 0 Å².